The van der Waals surface area contributed by atoms with Crippen LogP contribution < -0.4 is 5.48 Å². The van der Waals surface area contributed by atoms with Crippen LogP contribution in [-0.4, -0.2) is 18.8 Å². The van der Waals surface area contributed by atoms with Crippen LogP contribution in [0.4, 0.5) is 0 Å². The summed E-state index contributed by atoms with van der Waals surface area (Å²) in [5.74, 6) is 0.540. The van der Waals surface area contributed by atoms with Crippen molar-refractivity contribution >= 4 is 17.2 Å². The van der Waals surface area contributed by atoms with Crippen molar-refractivity contribution < 1.29 is 14.4 Å². The van der Waals surface area contributed by atoms with Gasteiger partial charge in [0.15, 0.2) is 6.29 Å². The maximum atomic E-state index is 12.3. The molecule has 3 rings (SSSR count). The predicted molar refractivity (Wildman–Crippen MR) is 91.4 cm³/mol. The summed E-state index contributed by atoms with van der Waals surface area (Å²) in [6, 6.07) is 2.05. The summed E-state index contributed by atoms with van der Waals surface area (Å²) in [6.07, 6.45) is 6.07. The van der Waals surface area contributed by atoms with Crippen molar-refractivity contribution in [3.8, 4) is 0 Å². The molecule has 23 heavy (non-hydrogen) atoms. The van der Waals surface area contributed by atoms with Crippen LogP contribution in [0.25, 0.3) is 0 Å². The fraction of sp³-hybridized carbons (Fsp3) is 0.722. The molecule has 0 aromatic carbocycles. The molecule has 1 fully saturated rings. The van der Waals surface area contributed by atoms with Gasteiger partial charge in [0.05, 0.1) is 4.88 Å². The molecule has 2 heterocycles. The van der Waals surface area contributed by atoms with Crippen LogP contribution in [0.2, 0.25) is 0 Å². The van der Waals surface area contributed by atoms with Crippen molar-refractivity contribution in [3.63, 3.8) is 0 Å². The molecule has 1 aromatic rings. The van der Waals surface area contributed by atoms with Crippen molar-refractivity contribution in [1.82, 2.24) is 5.48 Å². The van der Waals surface area contributed by atoms with Gasteiger partial charge in [-0.25, -0.2) is 10.3 Å². The molecule has 1 amide bonds. The highest BCUT2D eigenvalue weighted by Gasteiger charge is 2.30. The normalized spacial score (nSPS) is 25.0. The third-order valence-electron chi connectivity index (χ3n) is 4.95. The van der Waals surface area contributed by atoms with Crippen LogP contribution in [0.1, 0.15) is 66.6 Å². The van der Waals surface area contributed by atoms with Gasteiger partial charge in [-0.15, -0.1) is 11.3 Å². The molecule has 5 heteroatoms. The van der Waals surface area contributed by atoms with Crippen molar-refractivity contribution in [3.05, 3.63) is 21.4 Å². The molecule has 2 unspecified atom stereocenters. The van der Waals surface area contributed by atoms with Crippen LogP contribution in [-0.2, 0) is 22.4 Å². The van der Waals surface area contributed by atoms with Gasteiger partial charge in [0, 0.05) is 17.9 Å². The molecule has 1 aromatic heterocycles. The Hall–Kier alpha value is -0.910. The summed E-state index contributed by atoms with van der Waals surface area (Å²) in [4.78, 5) is 19.8. The topological polar surface area (TPSA) is 47.6 Å². The number of fused-ring (bicyclic) bond motifs is 1. The van der Waals surface area contributed by atoms with Crippen LogP contribution >= 0.6 is 11.3 Å². The molecule has 1 N–H and O–H groups in total. The Morgan fingerprint density at radius 1 is 1.35 bits per heavy atom. The van der Waals surface area contributed by atoms with Crippen LogP contribution in [0.15, 0.2) is 6.07 Å². The molecule has 0 spiro atoms. The molecule has 2 atom stereocenters. The maximum Gasteiger partial charge on any atom is 0.285 e. The van der Waals surface area contributed by atoms with Crippen molar-refractivity contribution in [1.29, 1.82) is 0 Å². The summed E-state index contributed by atoms with van der Waals surface area (Å²) >= 11 is 1.61. The summed E-state index contributed by atoms with van der Waals surface area (Å²) in [7, 11) is 0. The molecule has 1 saturated heterocycles. The Labute approximate surface area is 142 Å². The lowest BCUT2D eigenvalue weighted by Gasteiger charge is -2.33. The maximum absolute atomic E-state index is 12.3. The number of hydrogen-bond donors (Lipinski definition) is 1. The van der Waals surface area contributed by atoms with Crippen molar-refractivity contribution in [2.45, 2.75) is 65.6 Å². The van der Waals surface area contributed by atoms with E-state index < -0.39 is 0 Å². The average Bonchev–Trinajstić information content (AvgIpc) is 2.96. The highest BCUT2D eigenvalue weighted by Crippen LogP contribution is 2.40. The third-order valence-corrected chi connectivity index (χ3v) is 6.19. The van der Waals surface area contributed by atoms with E-state index in [0.29, 0.717) is 17.9 Å². The summed E-state index contributed by atoms with van der Waals surface area (Å²) in [5, 5.41) is 0. The van der Waals surface area contributed by atoms with Gasteiger partial charge in [-0.1, -0.05) is 20.8 Å². The lowest BCUT2D eigenvalue weighted by Crippen LogP contribution is -2.32. The van der Waals surface area contributed by atoms with Crippen molar-refractivity contribution in [2.24, 2.45) is 11.3 Å². The Morgan fingerprint density at radius 3 is 2.87 bits per heavy atom. The lowest BCUT2D eigenvalue weighted by molar-refractivity contribution is -0.186. The Kier molecular flexibility index (Phi) is 5.09. The van der Waals surface area contributed by atoms with E-state index in [0.717, 1.165) is 37.0 Å². The Bertz CT molecular complexity index is 555. The van der Waals surface area contributed by atoms with Crippen LogP contribution in [0.3, 0.4) is 0 Å². The van der Waals surface area contributed by atoms with E-state index in [4.69, 9.17) is 9.57 Å². The number of aryl methyl sites for hydroxylation is 1. The molecule has 0 saturated carbocycles. The second kappa shape index (κ2) is 6.91. The molecule has 4 nitrogen and oxygen atoms in total. The smallest absolute Gasteiger partial charge is 0.285 e. The first-order valence-corrected chi connectivity index (χ1v) is 9.44. The van der Waals surface area contributed by atoms with Crippen LogP contribution in [0, 0.1) is 11.3 Å². The first-order valence-electron chi connectivity index (χ1n) is 8.62. The SMILES string of the molecule is CC(C)(C)C1CCc2sc(C(=O)NOC3CCCCO3)cc2C1. The summed E-state index contributed by atoms with van der Waals surface area (Å²) in [6.45, 7) is 7.63. The number of carbonyl (C=O) groups is 1. The average molecular weight is 337 g/mol. The fourth-order valence-corrected chi connectivity index (χ4v) is 4.44. The van der Waals surface area contributed by atoms with Gasteiger partial charge in [-0.3, -0.25) is 4.79 Å². The first kappa shape index (κ1) is 16.9. The molecule has 1 aliphatic carbocycles. The Morgan fingerprint density at radius 2 is 2.17 bits per heavy atom. The number of amides is 1. The second-order valence-electron chi connectivity index (χ2n) is 7.71. The predicted octanol–water partition coefficient (Wildman–Crippen LogP) is 4.09. The van der Waals surface area contributed by atoms with Gasteiger partial charge in [0.25, 0.3) is 5.91 Å². The van der Waals surface area contributed by atoms with Gasteiger partial charge in [0.2, 0.25) is 0 Å². The number of nitrogens with one attached hydrogen (secondary N) is 1. The fourth-order valence-electron chi connectivity index (χ4n) is 3.35. The lowest BCUT2D eigenvalue weighted by atomic mass is 9.72. The molecular weight excluding hydrogens is 310 g/mol. The molecule has 0 radical (unpaired) electrons. The summed E-state index contributed by atoms with van der Waals surface area (Å²) in [5.41, 5.74) is 4.24. The van der Waals surface area contributed by atoms with Gasteiger partial charge in [-0.2, -0.15) is 0 Å². The van der Waals surface area contributed by atoms with Crippen LogP contribution in [0.5, 0.6) is 0 Å². The Balaban J connectivity index is 1.59. The number of ether oxygens (including phenoxy) is 1. The van der Waals surface area contributed by atoms with E-state index in [1.807, 2.05) is 0 Å². The highest BCUT2D eigenvalue weighted by atomic mass is 32.1. The highest BCUT2D eigenvalue weighted by molar-refractivity contribution is 7.14. The van der Waals surface area contributed by atoms with E-state index in [1.54, 1.807) is 11.3 Å². The number of hydroxylamine groups is 1. The molecule has 128 valence electrons. The number of hydrogen-bond acceptors (Lipinski definition) is 4. The second-order valence-corrected chi connectivity index (χ2v) is 8.85. The zero-order valence-corrected chi connectivity index (χ0v) is 15.1. The monoisotopic (exact) mass is 337 g/mol. The van der Waals surface area contributed by atoms with E-state index >= 15 is 0 Å². The standard InChI is InChI=1S/C18H27NO3S/c1-18(2,3)13-7-8-14-12(10-13)11-15(23-14)17(20)19-22-16-6-4-5-9-21-16/h11,13,16H,4-10H2,1-3H3,(H,19,20). The van der Waals surface area contributed by atoms with E-state index in [9.17, 15) is 4.79 Å². The zero-order chi connectivity index (χ0) is 16.4. The quantitative estimate of drug-likeness (QED) is 0.845. The number of carbonyl (C=O) groups excluding carboxylic acids is 1. The third kappa shape index (κ3) is 4.14. The zero-order valence-electron chi connectivity index (χ0n) is 14.3. The molecular formula is C18H27NO3S. The van der Waals surface area contributed by atoms with Gasteiger partial charge < -0.3 is 4.74 Å². The first-order chi connectivity index (χ1) is 10.9. The minimum Gasteiger partial charge on any atom is -0.350 e. The van der Waals surface area contributed by atoms with Gasteiger partial charge >= 0.3 is 0 Å². The van der Waals surface area contributed by atoms with Gasteiger partial charge in [-0.05, 0) is 55.1 Å². The largest absolute Gasteiger partial charge is 0.350 e. The molecule has 2 aliphatic rings. The van der Waals surface area contributed by atoms with E-state index in [-0.39, 0.29) is 12.2 Å². The van der Waals surface area contributed by atoms with E-state index in [2.05, 4.69) is 32.3 Å². The number of thiophene rings is 1. The van der Waals surface area contributed by atoms with E-state index in [1.165, 1.54) is 16.9 Å². The van der Waals surface area contributed by atoms with Gasteiger partial charge in [0.1, 0.15) is 0 Å². The molecule has 0 bridgehead atoms. The summed E-state index contributed by atoms with van der Waals surface area (Å²) < 4.78 is 5.46. The number of rotatable bonds is 3. The van der Waals surface area contributed by atoms with Crippen molar-refractivity contribution in [2.75, 3.05) is 6.61 Å². The minimum atomic E-state index is -0.299. The molecule has 1 aliphatic heterocycles. The minimum absolute atomic E-state index is 0.147.